The molecular weight excluding hydrogens is 296 g/mol. The molecule has 0 aliphatic heterocycles. The third-order valence-electron chi connectivity index (χ3n) is 2.62. The van der Waals surface area contributed by atoms with Crippen LogP contribution in [0.1, 0.15) is 16.1 Å². The monoisotopic (exact) mass is 308 g/mol. The fourth-order valence-electron chi connectivity index (χ4n) is 1.64. The Balaban J connectivity index is 2.01. The lowest BCUT2D eigenvalue weighted by Gasteiger charge is -2.04. The predicted molar refractivity (Wildman–Crippen MR) is 71.4 cm³/mol. The van der Waals surface area contributed by atoms with Crippen LogP contribution in [0.5, 0.6) is 0 Å². The van der Waals surface area contributed by atoms with Crippen LogP contribution >= 0.6 is 15.9 Å². The van der Waals surface area contributed by atoms with Gasteiger partial charge in [-0.05, 0) is 18.1 Å². The van der Waals surface area contributed by atoms with E-state index in [0.717, 1.165) is 17.4 Å². The summed E-state index contributed by atoms with van der Waals surface area (Å²) in [6.07, 6.45) is 4.21. The maximum atomic E-state index is 11.2. The maximum absolute atomic E-state index is 11.2. The van der Waals surface area contributed by atoms with Crippen molar-refractivity contribution in [1.82, 2.24) is 9.55 Å². The van der Waals surface area contributed by atoms with Gasteiger partial charge in [-0.1, -0.05) is 34.1 Å². The van der Waals surface area contributed by atoms with Gasteiger partial charge < -0.3 is 9.30 Å². The summed E-state index contributed by atoms with van der Waals surface area (Å²) < 4.78 is 7.59. The van der Waals surface area contributed by atoms with E-state index in [-0.39, 0.29) is 0 Å². The molecule has 5 heteroatoms. The van der Waals surface area contributed by atoms with Gasteiger partial charge in [-0.15, -0.1) is 0 Å². The lowest BCUT2D eigenvalue weighted by Crippen LogP contribution is -2.02. The number of imidazole rings is 1. The molecule has 0 fully saturated rings. The number of benzene rings is 1. The number of rotatable bonds is 4. The van der Waals surface area contributed by atoms with E-state index < -0.39 is 5.97 Å². The summed E-state index contributed by atoms with van der Waals surface area (Å²) in [5.41, 5.74) is 1.57. The maximum Gasteiger partial charge on any atom is 0.358 e. The van der Waals surface area contributed by atoms with Crippen LogP contribution in [0.25, 0.3) is 0 Å². The molecule has 1 aromatic carbocycles. The molecule has 0 saturated carbocycles. The average molecular weight is 309 g/mol. The van der Waals surface area contributed by atoms with E-state index in [1.807, 2.05) is 22.8 Å². The molecule has 4 nitrogen and oxygen atoms in total. The molecule has 0 amide bonds. The molecule has 0 bridgehead atoms. The zero-order valence-electron chi connectivity index (χ0n) is 9.97. The van der Waals surface area contributed by atoms with Gasteiger partial charge in [0.05, 0.1) is 13.4 Å². The highest BCUT2D eigenvalue weighted by Gasteiger charge is 2.08. The third-order valence-corrected chi connectivity index (χ3v) is 3.40. The third kappa shape index (κ3) is 2.98. The van der Waals surface area contributed by atoms with Gasteiger partial charge in [0, 0.05) is 17.2 Å². The number of aromatic nitrogens is 2. The van der Waals surface area contributed by atoms with Crippen molar-refractivity contribution in [2.45, 2.75) is 13.0 Å². The summed E-state index contributed by atoms with van der Waals surface area (Å²) in [5, 5.41) is 0. The van der Waals surface area contributed by atoms with E-state index in [1.54, 1.807) is 12.5 Å². The number of ether oxygens (including phenoxy) is 1. The van der Waals surface area contributed by atoms with Crippen molar-refractivity contribution in [2.24, 2.45) is 0 Å². The molecular formula is C13H13BrN2O2. The topological polar surface area (TPSA) is 44.1 Å². The van der Waals surface area contributed by atoms with Gasteiger partial charge in [0.25, 0.3) is 0 Å². The summed E-state index contributed by atoms with van der Waals surface area (Å²) >= 11 is 3.51. The summed E-state index contributed by atoms with van der Waals surface area (Å²) in [6, 6.07) is 8.08. The molecule has 0 radical (unpaired) electrons. The van der Waals surface area contributed by atoms with Gasteiger partial charge in [0.1, 0.15) is 0 Å². The summed E-state index contributed by atoms with van der Waals surface area (Å²) in [5.74, 6) is -0.408. The van der Waals surface area contributed by atoms with Crippen molar-refractivity contribution in [1.29, 1.82) is 0 Å². The number of esters is 1. The Kier molecular flexibility index (Phi) is 4.15. The van der Waals surface area contributed by atoms with Gasteiger partial charge in [-0.2, -0.15) is 0 Å². The lowest BCUT2D eigenvalue weighted by atomic mass is 10.1. The number of halogens is 1. The van der Waals surface area contributed by atoms with E-state index in [2.05, 4.69) is 31.7 Å². The Morgan fingerprint density at radius 1 is 1.44 bits per heavy atom. The van der Waals surface area contributed by atoms with Crippen LogP contribution in [0.4, 0.5) is 0 Å². The van der Waals surface area contributed by atoms with E-state index in [0.29, 0.717) is 5.69 Å². The first-order valence-electron chi connectivity index (χ1n) is 5.54. The van der Waals surface area contributed by atoms with Crippen LogP contribution in [0.15, 0.2) is 41.3 Å². The molecule has 0 atom stereocenters. The lowest BCUT2D eigenvalue weighted by molar-refractivity contribution is 0.0594. The highest BCUT2D eigenvalue weighted by atomic mass is 79.9. The zero-order chi connectivity index (χ0) is 13.0. The summed E-state index contributed by atoms with van der Waals surface area (Å²) in [4.78, 5) is 15.2. The first-order valence-corrected chi connectivity index (χ1v) is 6.33. The van der Waals surface area contributed by atoms with Crippen molar-refractivity contribution in [3.63, 3.8) is 0 Å². The predicted octanol–water partition coefficient (Wildman–Crippen LogP) is 2.67. The number of methoxy groups -OCH3 is 1. The van der Waals surface area contributed by atoms with Crippen molar-refractivity contribution < 1.29 is 9.53 Å². The number of hydrogen-bond acceptors (Lipinski definition) is 3. The second-order valence-corrected chi connectivity index (χ2v) is 4.68. The van der Waals surface area contributed by atoms with Gasteiger partial charge in [-0.25, -0.2) is 9.78 Å². The minimum absolute atomic E-state index is 0.338. The number of aryl methyl sites for hydroxylation is 2. The Bertz CT molecular complexity index is 551. The number of hydrogen-bond donors (Lipinski definition) is 0. The minimum atomic E-state index is -0.408. The Morgan fingerprint density at radius 2 is 2.22 bits per heavy atom. The molecule has 0 N–H and O–H groups in total. The molecule has 18 heavy (non-hydrogen) atoms. The first-order chi connectivity index (χ1) is 8.70. The molecule has 0 aliphatic rings. The summed E-state index contributed by atoms with van der Waals surface area (Å²) in [7, 11) is 1.35. The highest BCUT2D eigenvalue weighted by molar-refractivity contribution is 9.10. The quantitative estimate of drug-likeness (QED) is 0.816. The molecule has 0 spiro atoms. The number of nitrogens with zero attached hydrogens (tertiary/aromatic N) is 2. The average Bonchev–Trinajstić information content (AvgIpc) is 2.86. The van der Waals surface area contributed by atoms with Crippen LogP contribution in [-0.4, -0.2) is 22.6 Å². The minimum Gasteiger partial charge on any atom is -0.464 e. The van der Waals surface area contributed by atoms with Crippen LogP contribution in [0, 0.1) is 0 Å². The normalized spacial score (nSPS) is 10.3. The standard InChI is InChI=1S/C13H13BrN2O2/c1-18-13(17)12-8-16(9-15-12)7-6-10-4-2-3-5-11(10)14/h2-5,8-9H,6-7H2,1H3. The first kappa shape index (κ1) is 12.8. The van der Waals surface area contributed by atoms with Crippen molar-refractivity contribution in [3.05, 3.63) is 52.5 Å². The smallest absolute Gasteiger partial charge is 0.358 e. The molecule has 1 heterocycles. The van der Waals surface area contributed by atoms with Crippen LogP contribution < -0.4 is 0 Å². The van der Waals surface area contributed by atoms with E-state index in [4.69, 9.17) is 0 Å². The number of carbonyl (C=O) groups is 1. The molecule has 2 rings (SSSR count). The largest absolute Gasteiger partial charge is 0.464 e. The molecule has 1 aromatic heterocycles. The van der Waals surface area contributed by atoms with Crippen molar-refractivity contribution in [3.8, 4) is 0 Å². The van der Waals surface area contributed by atoms with Crippen molar-refractivity contribution in [2.75, 3.05) is 7.11 Å². The van der Waals surface area contributed by atoms with Crippen LogP contribution in [-0.2, 0) is 17.7 Å². The van der Waals surface area contributed by atoms with Gasteiger partial charge >= 0.3 is 5.97 Å². The summed E-state index contributed by atoms with van der Waals surface area (Å²) in [6.45, 7) is 0.770. The van der Waals surface area contributed by atoms with Crippen LogP contribution in [0.2, 0.25) is 0 Å². The fourth-order valence-corrected chi connectivity index (χ4v) is 2.13. The van der Waals surface area contributed by atoms with Gasteiger partial charge in [0.2, 0.25) is 0 Å². The number of carbonyl (C=O) groups excluding carboxylic acids is 1. The second kappa shape index (κ2) is 5.82. The zero-order valence-corrected chi connectivity index (χ0v) is 11.6. The highest BCUT2D eigenvalue weighted by Crippen LogP contribution is 2.16. The SMILES string of the molecule is COC(=O)c1cn(CCc2ccccc2Br)cn1. The van der Waals surface area contributed by atoms with Crippen molar-refractivity contribution >= 4 is 21.9 Å². The van der Waals surface area contributed by atoms with E-state index >= 15 is 0 Å². The second-order valence-electron chi connectivity index (χ2n) is 3.83. The van der Waals surface area contributed by atoms with Gasteiger partial charge in [-0.3, -0.25) is 0 Å². The Labute approximate surface area is 114 Å². The van der Waals surface area contributed by atoms with Crippen LogP contribution in [0.3, 0.4) is 0 Å². The fraction of sp³-hybridized carbons (Fsp3) is 0.231. The van der Waals surface area contributed by atoms with E-state index in [9.17, 15) is 4.79 Å². The Morgan fingerprint density at radius 3 is 2.94 bits per heavy atom. The molecule has 0 unspecified atom stereocenters. The molecule has 0 saturated heterocycles. The molecule has 2 aromatic rings. The molecule has 0 aliphatic carbocycles. The van der Waals surface area contributed by atoms with Gasteiger partial charge in [0.15, 0.2) is 5.69 Å². The van der Waals surface area contributed by atoms with E-state index in [1.165, 1.54) is 12.7 Å². The Hall–Kier alpha value is -1.62. The molecule has 94 valence electrons.